The Kier molecular flexibility index (Phi) is 6.22. The van der Waals surface area contributed by atoms with Crippen molar-refractivity contribution in [3.8, 4) is 10.6 Å². The van der Waals surface area contributed by atoms with Gasteiger partial charge in [0, 0.05) is 6.54 Å². The van der Waals surface area contributed by atoms with E-state index in [2.05, 4.69) is 22.5 Å². The predicted octanol–water partition coefficient (Wildman–Crippen LogP) is 4.19. The highest BCUT2D eigenvalue weighted by atomic mass is 32.2. The van der Waals surface area contributed by atoms with Crippen LogP contribution in [0.4, 0.5) is 0 Å². The van der Waals surface area contributed by atoms with Gasteiger partial charge in [-0.1, -0.05) is 36.4 Å². The van der Waals surface area contributed by atoms with E-state index in [1.54, 1.807) is 16.0 Å². The molecule has 1 N–H and O–H groups in total. The fourth-order valence-electron chi connectivity index (χ4n) is 4.50. The van der Waals surface area contributed by atoms with E-state index in [0.29, 0.717) is 41.0 Å². The zero-order valence-electron chi connectivity index (χ0n) is 18.9. The standard InChI is InChI=1S/C25H26N4O3S2/c1-17-23-20(25(30)26-12-5-9-18-7-3-2-4-8-18)15-21(22-10-6-13-33-22)27-24(23)29(28-17)19-11-14-34(31,32)16-19/h2-4,6-8,10,13,15,19H,5,9,11-12,14,16H2,1H3,(H,26,30). The Morgan fingerprint density at radius 1 is 1.21 bits per heavy atom. The van der Waals surface area contributed by atoms with Gasteiger partial charge in [-0.15, -0.1) is 11.3 Å². The van der Waals surface area contributed by atoms with Crippen molar-refractivity contribution in [3.05, 3.63) is 70.7 Å². The van der Waals surface area contributed by atoms with Gasteiger partial charge in [0.1, 0.15) is 0 Å². The molecule has 1 aliphatic rings. The number of aryl methyl sites for hydroxylation is 2. The van der Waals surface area contributed by atoms with Gasteiger partial charge in [-0.2, -0.15) is 5.10 Å². The number of rotatable bonds is 7. The minimum absolute atomic E-state index is 0.0507. The molecule has 5 rings (SSSR count). The third kappa shape index (κ3) is 4.63. The van der Waals surface area contributed by atoms with E-state index in [9.17, 15) is 13.2 Å². The van der Waals surface area contributed by atoms with Crippen LogP contribution >= 0.6 is 11.3 Å². The van der Waals surface area contributed by atoms with Crippen LogP contribution in [0.5, 0.6) is 0 Å². The van der Waals surface area contributed by atoms with Crippen LogP contribution in [0.15, 0.2) is 53.9 Å². The molecular formula is C25H26N4O3S2. The fraction of sp³-hybridized carbons (Fsp3) is 0.320. The molecule has 3 aromatic heterocycles. The summed E-state index contributed by atoms with van der Waals surface area (Å²) < 4.78 is 25.9. The molecule has 0 radical (unpaired) electrons. The normalized spacial score (nSPS) is 17.3. The van der Waals surface area contributed by atoms with Gasteiger partial charge < -0.3 is 5.32 Å². The molecule has 0 aliphatic carbocycles. The quantitative estimate of drug-likeness (QED) is 0.389. The van der Waals surface area contributed by atoms with E-state index >= 15 is 0 Å². The van der Waals surface area contributed by atoms with Crippen LogP contribution in [0.1, 0.15) is 40.5 Å². The van der Waals surface area contributed by atoms with Gasteiger partial charge in [-0.3, -0.25) is 4.79 Å². The minimum Gasteiger partial charge on any atom is -0.352 e. The van der Waals surface area contributed by atoms with Gasteiger partial charge in [-0.05, 0) is 49.3 Å². The molecule has 1 saturated heterocycles. The van der Waals surface area contributed by atoms with Crippen molar-refractivity contribution in [2.24, 2.45) is 0 Å². The molecule has 0 saturated carbocycles. The van der Waals surface area contributed by atoms with Crippen molar-refractivity contribution >= 4 is 38.1 Å². The highest BCUT2D eigenvalue weighted by Crippen LogP contribution is 2.33. The monoisotopic (exact) mass is 494 g/mol. The molecule has 1 fully saturated rings. The van der Waals surface area contributed by atoms with Gasteiger partial charge in [0.2, 0.25) is 0 Å². The van der Waals surface area contributed by atoms with Gasteiger partial charge in [0.05, 0.1) is 44.8 Å². The Morgan fingerprint density at radius 2 is 2.03 bits per heavy atom. The number of thiophene rings is 1. The summed E-state index contributed by atoms with van der Waals surface area (Å²) in [5, 5.41) is 10.4. The number of sulfone groups is 1. The molecule has 1 amide bonds. The average molecular weight is 495 g/mol. The molecule has 9 heteroatoms. The Hall–Kier alpha value is -3.04. The molecule has 4 aromatic rings. The SMILES string of the molecule is Cc1nn(C2CCS(=O)(=O)C2)c2nc(-c3cccs3)cc(C(=O)NCCCc3ccccc3)c12. The largest absolute Gasteiger partial charge is 0.352 e. The number of amides is 1. The van der Waals surface area contributed by atoms with E-state index in [-0.39, 0.29) is 23.5 Å². The van der Waals surface area contributed by atoms with Crippen molar-refractivity contribution < 1.29 is 13.2 Å². The second kappa shape index (κ2) is 9.31. The van der Waals surface area contributed by atoms with Crippen molar-refractivity contribution in [3.63, 3.8) is 0 Å². The van der Waals surface area contributed by atoms with Crippen LogP contribution in [0, 0.1) is 6.92 Å². The maximum Gasteiger partial charge on any atom is 0.252 e. The number of benzene rings is 1. The summed E-state index contributed by atoms with van der Waals surface area (Å²) in [4.78, 5) is 19.1. The fourth-order valence-corrected chi connectivity index (χ4v) is 6.88. The minimum atomic E-state index is -3.09. The maximum absolute atomic E-state index is 13.3. The van der Waals surface area contributed by atoms with E-state index in [1.165, 1.54) is 5.56 Å². The van der Waals surface area contributed by atoms with Crippen LogP contribution in [0.25, 0.3) is 21.6 Å². The smallest absolute Gasteiger partial charge is 0.252 e. The Labute approximate surface area is 202 Å². The van der Waals surface area contributed by atoms with Crippen LogP contribution in [0.2, 0.25) is 0 Å². The number of aromatic nitrogens is 3. The molecule has 7 nitrogen and oxygen atoms in total. The lowest BCUT2D eigenvalue weighted by molar-refractivity contribution is 0.0954. The van der Waals surface area contributed by atoms with Crippen molar-refractivity contribution in [1.29, 1.82) is 0 Å². The number of fused-ring (bicyclic) bond motifs is 1. The average Bonchev–Trinajstić information content (AvgIpc) is 3.56. The summed E-state index contributed by atoms with van der Waals surface area (Å²) in [6.07, 6.45) is 2.23. The third-order valence-electron chi connectivity index (χ3n) is 6.18. The molecule has 1 aliphatic heterocycles. The lowest BCUT2D eigenvalue weighted by Gasteiger charge is -2.12. The summed E-state index contributed by atoms with van der Waals surface area (Å²) >= 11 is 1.55. The lowest BCUT2D eigenvalue weighted by atomic mass is 10.1. The van der Waals surface area contributed by atoms with E-state index in [4.69, 9.17) is 4.98 Å². The van der Waals surface area contributed by atoms with Crippen molar-refractivity contribution in [2.75, 3.05) is 18.1 Å². The predicted molar refractivity (Wildman–Crippen MR) is 135 cm³/mol. The summed E-state index contributed by atoms with van der Waals surface area (Å²) in [5.74, 6) is 0.0343. The first-order valence-electron chi connectivity index (χ1n) is 11.4. The van der Waals surface area contributed by atoms with E-state index in [0.717, 1.165) is 17.7 Å². The summed E-state index contributed by atoms with van der Waals surface area (Å²) in [5.41, 5.74) is 3.71. The van der Waals surface area contributed by atoms with Gasteiger partial charge in [-0.25, -0.2) is 18.1 Å². The first-order valence-corrected chi connectivity index (χ1v) is 14.1. The second-order valence-electron chi connectivity index (χ2n) is 8.66. The molecule has 34 heavy (non-hydrogen) atoms. The van der Waals surface area contributed by atoms with Crippen LogP contribution in [-0.2, 0) is 16.3 Å². The first-order chi connectivity index (χ1) is 16.4. The molecule has 1 aromatic carbocycles. The second-order valence-corrected chi connectivity index (χ2v) is 11.8. The molecule has 1 atom stereocenters. The number of carbonyl (C=O) groups excluding carboxylic acids is 1. The highest BCUT2D eigenvalue weighted by Gasteiger charge is 2.32. The zero-order valence-corrected chi connectivity index (χ0v) is 20.5. The Balaban J connectivity index is 1.47. The summed E-state index contributed by atoms with van der Waals surface area (Å²) in [6, 6.07) is 15.7. The number of carbonyl (C=O) groups is 1. The molecule has 176 valence electrons. The molecule has 1 unspecified atom stereocenters. The van der Waals surface area contributed by atoms with E-state index < -0.39 is 9.84 Å². The molecule has 0 spiro atoms. The third-order valence-corrected chi connectivity index (χ3v) is 8.82. The molecule has 0 bridgehead atoms. The molecular weight excluding hydrogens is 468 g/mol. The van der Waals surface area contributed by atoms with Crippen LogP contribution in [-0.4, -0.2) is 47.1 Å². The van der Waals surface area contributed by atoms with Gasteiger partial charge in [0.25, 0.3) is 5.91 Å². The maximum atomic E-state index is 13.3. The number of hydrogen-bond acceptors (Lipinski definition) is 6. The van der Waals surface area contributed by atoms with E-state index in [1.807, 2.05) is 48.7 Å². The first kappa shape index (κ1) is 22.7. The number of nitrogens with zero attached hydrogens (tertiary/aromatic N) is 3. The number of pyridine rings is 1. The van der Waals surface area contributed by atoms with Crippen LogP contribution in [0.3, 0.4) is 0 Å². The van der Waals surface area contributed by atoms with Gasteiger partial charge >= 0.3 is 0 Å². The van der Waals surface area contributed by atoms with Crippen molar-refractivity contribution in [1.82, 2.24) is 20.1 Å². The summed E-state index contributed by atoms with van der Waals surface area (Å²) in [6.45, 7) is 2.40. The summed E-state index contributed by atoms with van der Waals surface area (Å²) in [7, 11) is -3.09. The molecule has 4 heterocycles. The van der Waals surface area contributed by atoms with Crippen LogP contribution < -0.4 is 5.32 Å². The topological polar surface area (TPSA) is 93.9 Å². The Morgan fingerprint density at radius 3 is 2.74 bits per heavy atom. The number of hydrogen-bond donors (Lipinski definition) is 1. The number of nitrogens with one attached hydrogen (secondary N) is 1. The highest BCUT2D eigenvalue weighted by molar-refractivity contribution is 7.91. The van der Waals surface area contributed by atoms with Crippen molar-refractivity contribution in [2.45, 2.75) is 32.2 Å². The zero-order chi connectivity index (χ0) is 23.7. The van der Waals surface area contributed by atoms with Gasteiger partial charge in [0.15, 0.2) is 15.5 Å². The lowest BCUT2D eigenvalue weighted by Crippen LogP contribution is -2.25. The Bertz CT molecular complexity index is 1430.